The van der Waals surface area contributed by atoms with Gasteiger partial charge in [0.05, 0.1) is 35.6 Å². The summed E-state index contributed by atoms with van der Waals surface area (Å²) in [5.41, 5.74) is 3.41. The van der Waals surface area contributed by atoms with E-state index < -0.39 is 0 Å². The SMILES string of the molecule is CCC1(C)Cc2c(c(N3CCOCC3)nc3sc4c(NCCCN(C)C)ncnc4c23)CO1. The third-order valence-electron chi connectivity index (χ3n) is 6.85. The lowest BCUT2D eigenvalue weighted by atomic mass is 9.87. The van der Waals surface area contributed by atoms with E-state index in [0.29, 0.717) is 6.61 Å². The van der Waals surface area contributed by atoms with E-state index in [4.69, 9.17) is 19.4 Å². The summed E-state index contributed by atoms with van der Waals surface area (Å²) < 4.78 is 13.1. The summed E-state index contributed by atoms with van der Waals surface area (Å²) in [4.78, 5) is 20.1. The fourth-order valence-corrected chi connectivity index (χ4v) is 5.83. The van der Waals surface area contributed by atoms with Crippen LogP contribution in [0.3, 0.4) is 0 Å². The van der Waals surface area contributed by atoms with Gasteiger partial charge < -0.3 is 24.6 Å². The van der Waals surface area contributed by atoms with Gasteiger partial charge in [-0.15, -0.1) is 11.3 Å². The highest BCUT2D eigenvalue weighted by molar-refractivity contribution is 7.26. The molecule has 1 unspecified atom stereocenters. The molecule has 0 bridgehead atoms. The summed E-state index contributed by atoms with van der Waals surface area (Å²) >= 11 is 1.70. The Bertz CT molecular complexity index is 1140. The van der Waals surface area contributed by atoms with Crippen LogP contribution in [0.4, 0.5) is 11.6 Å². The number of anilines is 2. The number of pyridine rings is 1. The summed E-state index contributed by atoms with van der Waals surface area (Å²) in [6.45, 7) is 10.1. The molecule has 5 heterocycles. The molecule has 3 aromatic heterocycles. The highest BCUT2D eigenvalue weighted by atomic mass is 32.1. The molecule has 0 spiro atoms. The molecule has 0 saturated carbocycles. The lowest BCUT2D eigenvalue weighted by Crippen LogP contribution is -2.40. The van der Waals surface area contributed by atoms with E-state index in [2.05, 4.69) is 48.0 Å². The maximum Gasteiger partial charge on any atom is 0.147 e. The highest BCUT2D eigenvalue weighted by Gasteiger charge is 2.35. The second kappa shape index (κ2) is 9.29. The second-order valence-electron chi connectivity index (χ2n) is 9.53. The lowest BCUT2D eigenvalue weighted by molar-refractivity contribution is -0.0558. The number of thiophene rings is 1. The molecular formula is C24H34N6O2S. The Balaban J connectivity index is 1.62. The monoisotopic (exact) mass is 470 g/mol. The maximum atomic E-state index is 6.37. The molecular weight excluding hydrogens is 436 g/mol. The maximum absolute atomic E-state index is 6.37. The van der Waals surface area contributed by atoms with Crippen LogP contribution in [0.15, 0.2) is 6.33 Å². The number of hydrogen-bond acceptors (Lipinski definition) is 9. The van der Waals surface area contributed by atoms with Crippen LogP contribution in [0.2, 0.25) is 0 Å². The minimum absolute atomic E-state index is 0.169. The first-order valence-corrected chi connectivity index (χ1v) is 12.7. The fourth-order valence-electron chi connectivity index (χ4n) is 4.71. The van der Waals surface area contributed by atoms with Crippen molar-refractivity contribution in [1.82, 2.24) is 19.9 Å². The van der Waals surface area contributed by atoms with Gasteiger partial charge in [-0.3, -0.25) is 0 Å². The van der Waals surface area contributed by atoms with Gasteiger partial charge in [-0.05, 0) is 46.0 Å². The molecule has 3 aromatic rings. The molecule has 0 aromatic carbocycles. The number of ether oxygens (including phenoxy) is 2. The van der Waals surface area contributed by atoms with Crippen molar-refractivity contribution in [3.8, 4) is 0 Å². The fraction of sp³-hybridized carbons (Fsp3) is 0.625. The van der Waals surface area contributed by atoms with Gasteiger partial charge >= 0.3 is 0 Å². The molecule has 9 heteroatoms. The molecule has 1 fully saturated rings. The van der Waals surface area contributed by atoms with Crippen molar-refractivity contribution >= 4 is 43.4 Å². The van der Waals surface area contributed by atoms with Crippen molar-refractivity contribution in [3.63, 3.8) is 0 Å². The molecule has 0 amide bonds. The number of fused-ring (bicyclic) bond motifs is 5. The van der Waals surface area contributed by atoms with Crippen LogP contribution in [0.5, 0.6) is 0 Å². The summed E-state index contributed by atoms with van der Waals surface area (Å²) in [5.74, 6) is 1.97. The van der Waals surface area contributed by atoms with Gasteiger partial charge in [-0.1, -0.05) is 6.92 Å². The minimum atomic E-state index is -0.169. The third kappa shape index (κ3) is 4.39. The largest absolute Gasteiger partial charge is 0.378 e. The van der Waals surface area contributed by atoms with Gasteiger partial charge in [0, 0.05) is 37.0 Å². The van der Waals surface area contributed by atoms with Crippen LogP contribution in [0.25, 0.3) is 20.4 Å². The molecule has 8 nitrogen and oxygen atoms in total. The standard InChI is InChI=1S/C24H34N6O2S/c1-5-24(2)13-16-17(14-32-24)22(30-9-11-31-12-10-30)28-23-18(16)19-20(33-23)21(27-15-26-19)25-7-6-8-29(3)4/h15H,5-14H2,1-4H3,(H,25,26,27). The third-order valence-corrected chi connectivity index (χ3v) is 7.92. The van der Waals surface area contributed by atoms with Gasteiger partial charge in [0.2, 0.25) is 0 Å². The topological polar surface area (TPSA) is 75.6 Å². The Morgan fingerprint density at radius 2 is 2.03 bits per heavy atom. The first-order chi connectivity index (χ1) is 16.0. The van der Waals surface area contributed by atoms with Crippen molar-refractivity contribution in [3.05, 3.63) is 17.5 Å². The zero-order chi connectivity index (χ0) is 23.0. The molecule has 5 rings (SSSR count). The molecule has 178 valence electrons. The summed E-state index contributed by atoms with van der Waals surface area (Å²) in [6, 6.07) is 0. The average Bonchev–Trinajstić information content (AvgIpc) is 3.21. The Hall–Kier alpha value is -2.07. The lowest BCUT2D eigenvalue weighted by Gasteiger charge is -2.37. The molecule has 33 heavy (non-hydrogen) atoms. The van der Waals surface area contributed by atoms with E-state index >= 15 is 0 Å². The Morgan fingerprint density at radius 1 is 1.21 bits per heavy atom. The summed E-state index contributed by atoms with van der Waals surface area (Å²) in [6.07, 6.45) is 4.59. The van der Waals surface area contributed by atoms with Crippen molar-refractivity contribution < 1.29 is 9.47 Å². The minimum Gasteiger partial charge on any atom is -0.378 e. The van der Waals surface area contributed by atoms with Crippen molar-refractivity contribution in [2.75, 3.05) is 63.7 Å². The van der Waals surface area contributed by atoms with Crippen molar-refractivity contribution in [2.24, 2.45) is 0 Å². The van der Waals surface area contributed by atoms with E-state index in [1.165, 1.54) is 16.5 Å². The zero-order valence-electron chi connectivity index (χ0n) is 20.1. The highest BCUT2D eigenvalue weighted by Crippen LogP contribution is 2.44. The van der Waals surface area contributed by atoms with Crippen LogP contribution in [-0.4, -0.2) is 78.9 Å². The Labute approximate surface area is 199 Å². The molecule has 1 N–H and O–H groups in total. The first kappa shape index (κ1) is 22.7. The number of nitrogens with zero attached hydrogens (tertiary/aromatic N) is 5. The van der Waals surface area contributed by atoms with Gasteiger partial charge in [-0.25, -0.2) is 15.0 Å². The molecule has 1 saturated heterocycles. The van der Waals surface area contributed by atoms with Gasteiger partial charge in [0.25, 0.3) is 0 Å². The molecule has 2 aliphatic rings. The number of nitrogens with one attached hydrogen (secondary N) is 1. The van der Waals surface area contributed by atoms with E-state index in [-0.39, 0.29) is 5.60 Å². The van der Waals surface area contributed by atoms with Crippen LogP contribution < -0.4 is 10.2 Å². The number of morpholine rings is 1. The number of hydrogen-bond donors (Lipinski definition) is 1. The van der Waals surface area contributed by atoms with E-state index in [1.807, 2.05) is 0 Å². The zero-order valence-corrected chi connectivity index (χ0v) is 20.9. The van der Waals surface area contributed by atoms with E-state index in [1.54, 1.807) is 17.7 Å². The second-order valence-corrected chi connectivity index (χ2v) is 10.5. The van der Waals surface area contributed by atoms with Gasteiger partial charge in [0.1, 0.15) is 22.8 Å². The number of aromatic nitrogens is 3. The smallest absolute Gasteiger partial charge is 0.147 e. The van der Waals surface area contributed by atoms with Crippen LogP contribution in [0.1, 0.15) is 37.8 Å². The number of rotatable bonds is 7. The van der Waals surface area contributed by atoms with E-state index in [9.17, 15) is 0 Å². The van der Waals surface area contributed by atoms with E-state index in [0.717, 1.165) is 85.3 Å². The normalized spacial score (nSPS) is 21.2. The molecule has 0 aliphatic carbocycles. The average molecular weight is 471 g/mol. The van der Waals surface area contributed by atoms with Crippen molar-refractivity contribution in [2.45, 2.75) is 45.3 Å². The Morgan fingerprint density at radius 3 is 2.79 bits per heavy atom. The predicted molar refractivity (Wildman–Crippen MR) is 135 cm³/mol. The molecule has 1 atom stereocenters. The predicted octanol–water partition coefficient (Wildman–Crippen LogP) is 3.68. The molecule has 0 radical (unpaired) electrons. The van der Waals surface area contributed by atoms with Crippen LogP contribution in [0, 0.1) is 0 Å². The van der Waals surface area contributed by atoms with Crippen LogP contribution in [-0.2, 0) is 22.5 Å². The molecule has 2 aliphatic heterocycles. The first-order valence-electron chi connectivity index (χ1n) is 11.9. The quantitative estimate of drug-likeness (QED) is 0.524. The Kier molecular flexibility index (Phi) is 6.39. The summed E-state index contributed by atoms with van der Waals surface area (Å²) in [5, 5.41) is 4.73. The van der Waals surface area contributed by atoms with Gasteiger partial charge in [-0.2, -0.15) is 0 Å². The van der Waals surface area contributed by atoms with Gasteiger partial charge in [0.15, 0.2) is 0 Å². The summed E-state index contributed by atoms with van der Waals surface area (Å²) in [7, 11) is 4.20. The van der Waals surface area contributed by atoms with Crippen molar-refractivity contribution in [1.29, 1.82) is 0 Å². The van der Waals surface area contributed by atoms with Crippen LogP contribution >= 0.6 is 11.3 Å².